The van der Waals surface area contributed by atoms with E-state index in [1.807, 2.05) is 0 Å². The van der Waals surface area contributed by atoms with Gasteiger partial charge in [0, 0.05) is 5.56 Å². The molecule has 0 saturated carbocycles. The summed E-state index contributed by atoms with van der Waals surface area (Å²) in [6.07, 6.45) is -3.41. The Labute approximate surface area is 103 Å². The van der Waals surface area contributed by atoms with Crippen molar-refractivity contribution in [2.24, 2.45) is 0 Å². The third kappa shape index (κ3) is 3.39. The summed E-state index contributed by atoms with van der Waals surface area (Å²) < 4.78 is 17.8. The molecular weight excluding hydrogens is 251 g/mol. The lowest BCUT2D eigenvalue weighted by molar-refractivity contribution is -0.144. The van der Waals surface area contributed by atoms with Gasteiger partial charge in [-0.3, -0.25) is 4.79 Å². The first-order valence-electron chi connectivity index (χ1n) is 4.84. The van der Waals surface area contributed by atoms with Crippen molar-refractivity contribution in [2.75, 3.05) is 7.11 Å². The van der Waals surface area contributed by atoms with Crippen LogP contribution < -0.4 is 0 Å². The van der Waals surface area contributed by atoms with Gasteiger partial charge in [0.05, 0.1) is 24.7 Å². The first-order valence-corrected chi connectivity index (χ1v) is 5.22. The van der Waals surface area contributed by atoms with Crippen molar-refractivity contribution >= 4 is 17.6 Å². The minimum atomic E-state index is -1.53. The molecule has 0 heterocycles. The topological polar surface area (TPSA) is 66.8 Å². The van der Waals surface area contributed by atoms with Crippen LogP contribution in [-0.2, 0) is 9.53 Å². The fourth-order valence-electron chi connectivity index (χ4n) is 1.32. The van der Waals surface area contributed by atoms with E-state index in [-0.39, 0.29) is 10.6 Å². The summed E-state index contributed by atoms with van der Waals surface area (Å²) in [5.41, 5.74) is -0.158. The number of carbonyl (C=O) groups is 1. The van der Waals surface area contributed by atoms with Gasteiger partial charge >= 0.3 is 5.97 Å². The summed E-state index contributed by atoms with van der Waals surface area (Å²) in [5.74, 6) is -1.51. The molecule has 0 fully saturated rings. The van der Waals surface area contributed by atoms with Gasteiger partial charge in [-0.15, -0.1) is 0 Å². The Kier molecular flexibility index (Phi) is 4.86. The van der Waals surface area contributed by atoms with Crippen molar-refractivity contribution < 1.29 is 24.1 Å². The molecule has 0 radical (unpaired) electrons. The summed E-state index contributed by atoms with van der Waals surface area (Å²) in [4.78, 5) is 10.9. The Morgan fingerprint density at radius 3 is 2.76 bits per heavy atom. The number of hydrogen-bond acceptors (Lipinski definition) is 4. The zero-order chi connectivity index (χ0) is 13.0. The maximum absolute atomic E-state index is 13.5. The molecule has 17 heavy (non-hydrogen) atoms. The molecule has 0 bridgehead atoms. The van der Waals surface area contributed by atoms with Gasteiger partial charge in [0.25, 0.3) is 0 Å². The molecule has 2 N–H and O–H groups in total. The van der Waals surface area contributed by atoms with Gasteiger partial charge in [-0.05, 0) is 6.07 Å². The number of halogens is 2. The highest BCUT2D eigenvalue weighted by molar-refractivity contribution is 6.30. The second kappa shape index (κ2) is 5.95. The molecule has 0 aromatic heterocycles. The van der Waals surface area contributed by atoms with E-state index < -0.39 is 30.4 Å². The number of hydrogen-bond donors (Lipinski definition) is 2. The molecular formula is C11H12ClFO4. The second-order valence-electron chi connectivity index (χ2n) is 3.44. The second-order valence-corrected chi connectivity index (χ2v) is 3.84. The SMILES string of the molecule is COC(=O)CC(O)C(O)c1cccc(Cl)c1F. The molecule has 4 nitrogen and oxygen atoms in total. The van der Waals surface area contributed by atoms with E-state index >= 15 is 0 Å². The molecule has 0 aliphatic heterocycles. The van der Waals surface area contributed by atoms with E-state index in [4.69, 9.17) is 11.6 Å². The number of carbonyl (C=O) groups excluding carboxylic acids is 1. The van der Waals surface area contributed by atoms with E-state index in [9.17, 15) is 19.4 Å². The number of ether oxygens (including phenoxy) is 1. The van der Waals surface area contributed by atoms with Gasteiger partial charge in [0.2, 0.25) is 0 Å². The van der Waals surface area contributed by atoms with E-state index in [2.05, 4.69) is 4.74 Å². The van der Waals surface area contributed by atoms with Crippen LogP contribution in [0.15, 0.2) is 18.2 Å². The van der Waals surface area contributed by atoms with Gasteiger partial charge in [-0.25, -0.2) is 4.39 Å². The number of esters is 1. The van der Waals surface area contributed by atoms with Crippen LogP contribution in [0.5, 0.6) is 0 Å². The zero-order valence-electron chi connectivity index (χ0n) is 9.06. The minimum Gasteiger partial charge on any atom is -0.469 e. The molecule has 0 aliphatic rings. The lowest BCUT2D eigenvalue weighted by Gasteiger charge is -2.17. The monoisotopic (exact) mass is 262 g/mol. The molecule has 2 atom stereocenters. The van der Waals surface area contributed by atoms with Crippen LogP contribution in [0.3, 0.4) is 0 Å². The summed E-state index contributed by atoms with van der Waals surface area (Å²) in [6.45, 7) is 0. The third-order valence-electron chi connectivity index (χ3n) is 2.27. The Morgan fingerprint density at radius 2 is 2.18 bits per heavy atom. The van der Waals surface area contributed by atoms with E-state index in [0.29, 0.717) is 0 Å². The molecule has 1 rings (SSSR count). The van der Waals surface area contributed by atoms with Crippen molar-refractivity contribution in [2.45, 2.75) is 18.6 Å². The highest BCUT2D eigenvalue weighted by Gasteiger charge is 2.25. The number of aliphatic hydroxyl groups is 2. The summed E-state index contributed by atoms with van der Waals surface area (Å²) in [7, 11) is 1.15. The Hall–Kier alpha value is -1.17. The molecule has 0 aliphatic carbocycles. The van der Waals surface area contributed by atoms with Crippen molar-refractivity contribution in [1.82, 2.24) is 0 Å². The smallest absolute Gasteiger partial charge is 0.308 e. The Morgan fingerprint density at radius 1 is 1.53 bits per heavy atom. The molecule has 0 amide bonds. The van der Waals surface area contributed by atoms with Gasteiger partial charge in [0.15, 0.2) is 0 Å². The molecule has 0 spiro atoms. The average Bonchev–Trinajstić information content (AvgIpc) is 2.31. The van der Waals surface area contributed by atoms with Crippen LogP contribution in [0.25, 0.3) is 0 Å². The highest BCUT2D eigenvalue weighted by Crippen LogP contribution is 2.26. The summed E-state index contributed by atoms with van der Waals surface area (Å²) in [6, 6.07) is 4.04. The van der Waals surface area contributed by atoms with Crippen LogP contribution in [-0.4, -0.2) is 29.4 Å². The Balaban J connectivity index is 2.85. The lowest BCUT2D eigenvalue weighted by atomic mass is 10.0. The van der Waals surface area contributed by atoms with Crippen molar-refractivity contribution in [1.29, 1.82) is 0 Å². The molecule has 6 heteroatoms. The predicted molar refractivity (Wildman–Crippen MR) is 59.0 cm³/mol. The third-order valence-corrected chi connectivity index (χ3v) is 2.56. The maximum atomic E-state index is 13.5. The quantitative estimate of drug-likeness (QED) is 0.806. The highest BCUT2D eigenvalue weighted by atomic mass is 35.5. The largest absolute Gasteiger partial charge is 0.469 e. The van der Waals surface area contributed by atoms with Gasteiger partial charge < -0.3 is 14.9 Å². The van der Waals surface area contributed by atoms with Crippen molar-refractivity contribution in [3.8, 4) is 0 Å². The number of methoxy groups -OCH3 is 1. The van der Waals surface area contributed by atoms with Gasteiger partial charge in [0.1, 0.15) is 11.9 Å². The molecule has 2 unspecified atom stereocenters. The van der Waals surface area contributed by atoms with Gasteiger partial charge in [-0.2, -0.15) is 0 Å². The number of aliphatic hydroxyl groups excluding tert-OH is 2. The van der Waals surface area contributed by atoms with E-state index in [1.54, 1.807) is 0 Å². The number of benzene rings is 1. The molecule has 0 saturated heterocycles. The molecule has 94 valence electrons. The molecule has 1 aromatic rings. The predicted octanol–water partition coefficient (Wildman–Crippen LogP) is 1.44. The van der Waals surface area contributed by atoms with Crippen LogP contribution in [0.2, 0.25) is 5.02 Å². The minimum absolute atomic E-state index is 0.158. The number of rotatable bonds is 4. The van der Waals surface area contributed by atoms with E-state index in [0.717, 1.165) is 7.11 Å². The summed E-state index contributed by atoms with van der Waals surface area (Å²) in [5, 5.41) is 19.0. The van der Waals surface area contributed by atoms with E-state index in [1.165, 1.54) is 18.2 Å². The van der Waals surface area contributed by atoms with Crippen LogP contribution >= 0.6 is 11.6 Å². The lowest BCUT2D eigenvalue weighted by Crippen LogP contribution is -2.23. The first-order chi connectivity index (χ1) is 7.97. The standard InChI is InChI=1S/C11H12ClFO4/c1-17-9(15)5-8(14)11(16)6-3-2-4-7(12)10(6)13/h2-4,8,11,14,16H,5H2,1H3. The fourth-order valence-corrected chi connectivity index (χ4v) is 1.50. The Bertz CT molecular complexity index is 410. The average molecular weight is 263 g/mol. The van der Waals surface area contributed by atoms with Crippen molar-refractivity contribution in [3.63, 3.8) is 0 Å². The fraction of sp³-hybridized carbons (Fsp3) is 0.364. The summed E-state index contributed by atoms with van der Waals surface area (Å²) >= 11 is 5.54. The van der Waals surface area contributed by atoms with Crippen LogP contribution in [0.4, 0.5) is 4.39 Å². The van der Waals surface area contributed by atoms with Gasteiger partial charge in [-0.1, -0.05) is 23.7 Å². The van der Waals surface area contributed by atoms with Crippen LogP contribution in [0, 0.1) is 5.82 Å². The first kappa shape index (κ1) is 13.9. The molecule has 1 aromatic carbocycles. The zero-order valence-corrected chi connectivity index (χ0v) is 9.82. The normalized spacial score (nSPS) is 14.2. The maximum Gasteiger partial charge on any atom is 0.308 e. The van der Waals surface area contributed by atoms with Crippen molar-refractivity contribution in [3.05, 3.63) is 34.6 Å². The van der Waals surface area contributed by atoms with Crippen LogP contribution in [0.1, 0.15) is 18.1 Å².